The van der Waals surface area contributed by atoms with Crippen LogP contribution in [0.25, 0.3) is 0 Å². The van der Waals surface area contributed by atoms with E-state index in [9.17, 15) is 19.2 Å². The number of nitrogens with one attached hydrogen (secondary N) is 3. The topological polar surface area (TPSA) is 143 Å². The first-order chi connectivity index (χ1) is 16.8. The highest BCUT2D eigenvalue weighted by Gasteiger charge is 2.43. The minimum atomic E-state index is -0.976. The normalized spacial score (nSPS) is 17.9. The third kappa shape index (κ3) is 7.12. The van der Waals surface area contributed by atoms with Crippen molar-refractivity contribution in [2.24, 2.45) is 5.73 Å². The van der Waals surface area contributed by atoms with Crippen molar-refractivity contribution in [3.05, 3.63) is 46.7 Å². The van der Waals surface area contributed by atoms with Crippen LogP contribution in [-0.4, -0.2) is 72.4 Å². The maximum absolute atomic E-state index is 13.3. The molecule has 2 heterocycles. The third-order valence-corrected chi connectivity index (χ3v) is 6.98. The Hall–Kier alpha value is -3.25. The molecule has 1 aliphatic rings. The lowest BCUT2D eigenvalue weighted by molar-refractivity contribution is -0.138. The fraction of sp³-hybridized carbons (Fsp3) is 0.391. The van der Waals surface area contributed by atoms with Crippen LogP contribution in [0.15, 0.2) is 41.8 Å². The Morgan fingerprint density at radius 3 is 2.71 bits per heavy atom. The number of amides is 5. The Bertz CT molecular complexity index is 1050. The molecule has 0 spiro atoms. The summed E-state index contributed by atoms with van der Waals surface area (Å²) in [5, 5.41) is 10.1. The largest absolute Gasteiger partial charge is 0.497 e. The highest BCUT2D eigenvalue weighted by Crippen LogP contribution is 2.22. The first kappa shape index (κ1) is 26.4. The van der Waals surface area contributed by atoms with Gasteiger partial charge in [-0.05, 0) is 36.3 Å². The van der Waals surface area contributed by atoms with Gasteiger partial charge in [-0.15, -0.1) is 11.3 Å². The number of urea groups is 1. The molecule has 0 saturated carbocycles. The van der Waals surface area contributed by atoms with E-state index in [2.05, 4.69) is 16.0 Å². The molecular formula is C23H29N5O5S2. The van der Waals surface area contributed by atoms with Gasteiger partial charge in [-0.25, -0.2) is 4.79 Å². The summed E-state index contributed by atoms with van der Waals surface area (Å²) < 4.78 is 5.17. The van der Waals surface area contributed by atoms with Crippen LogP contribution in [0.2, 0.25) is 0 Å². The number of carbonyl (C=O) groups is 4. The van der Waals surface area contributed by atoms with Gasteiger partial charge in [0.25, 0.3) is 0 Å². The molecule has 1 aromatic carbocycles. The zero-order chi connectivity index (χ0) is 25.4. The van der Waals surface area contributed by atoms with Crippen molar-refractivity contribution >= 4 is 52.5 Å². The predicted octanol–water partition coefficient (Wildman–Crippen LogP) is 1.42. The third-order valence-electron chi connectivity index (χ3n) is 5.54. The number of thiophene rings is 1. The Balaban J connectivity index is 1.74. The van der Waals surface area contributed by atoms with Crippen molar-refractivity contribution < 1.29 is 23.9 Å². The van der Waals surface area contributed by atoms with E-state index in [0.717, 1.165) is 4.88 Å². The van der Waals surface area contributed by atoms with Crippen LogP contribution >= 0.6 is 23.1 Å². The molecule has 2 aromatic rings. The number of benzene rings is 1. The second-order valence-electron chi connectivity index (χ2n) is 7.94. The van der Waals surface area contributed by atoms with Crippen molar-refractivity contribution in [3.63, 3.8) is 0 Å². The second-order valence-corrected chi connectivity index (χ2v) is 9.84. The fourth-order valence-electron chi connectivity index (χ4n) is 3.90. The van der Waals surface area contributed by atoms with Crippen molar-refractivity contribution in [3.8, 4) is 5.75 Å². The second kappa shape index (κ2) is 12.5. The van der Waals surface area contributed by atoms with Crippen LogP contribution < -0.4 is 26.4 Å². The quantitative estimate of drug-likeness (QED) is 0.374. The molecule has 0 radical (unpaired) electrons. The van der Waals surface area contributed by atoms with Crippen molar-refractivity contribution in [1.29, 1.82) is 0 Å². The van der Waals surface area contributed by atoms with Crippen molar-refractivity contribution in [2.75, 3.05) is 31.0 Å². The number of likely N-dealkylation sites (tertiary alicyclic amines) is 1. The van der Waals surface area contributed by atoms with E-state index >= 15 is 0 Å². The van der Waals surface area contributed by atoms with Gasteiger partial charge < -0.3 is 31.3 Å². The van der Waals surface area contributed by atoms with Gasteiger partial charge in [-0.3, -0.25) is 14.4 Å². The maximum atomic E-state index is 13.3. The number of nitrogens with two attached hydrogens (primary N) is 1. The van der Waals surface area contributed by atoms with Gasteiger partial charge in [0.05, 0.1) is 18.9 Å². The summed E-state index contributed by atoms with van der Waals surface area (Å²) in [7, 11) is 1.53. The smallest absolute Gasteiger partial charge is 0.319 e. The molecule has 10 nitrogen and oxygen atoms in total. The minimum absolute atomic E-state index is 0.195. The zero-order valence-corrected chi connectivity index (χ0v) is 21.1. The van der Waals surface area contributed by atoms with Gasteiger partial charge in [0, 0.05) is 29.6 Å². The summed E-state index contributed by atoms with van der Waals surface area (Å²) in [5.41, 5.74) is 6.06. The van der Waals surface area contributed by atoms with Gasteiger partial charge in [-0.2, -0.15) is 11.8 Å². The van der Waals surface area contributed by atoms with Crippen LogP contribution in [-0.2, 0) is 20.8 Å². The number of hydrogen-bond acceptors (Lipinski definition) is 7. The number of methoxy groups -OCH3 is 1. The summed E-state index contributed by atoms with van der Waals surface area (Å²) in [6.45, 7) is 0.299. The average molecular weight is 520 g/mol. The molecule has 1 aromatic heterocycles. The first-order valence-corrected chi connectivity index (χ1v) is 13.2. The average Bonchev–Trinajstić information content (AvgIpc) is 3.48. The van der Waals surface area contributed by atoms with Crippen LogP contribution in [0, 0.1) is 0 Å². The molecular weight excluding hydrogens is 490 g/mol. The van der Waals surface area contributed by atoms with Gasteiger partial charge in [-0.1, -0.05) is 12.1 Å². The molecule has 188 valence electrons. The molecule has 0 unspecified atom stereocenters. The lowest BCUT2D eigenvalue weighted by Gasteiger charge is -2.29. The summed E-state index contributed by atoms with van der Waals surface area (Å²) >= 11 is 2.80. The number of thioether (sulfide) groups is 1. The Labute approximate surface area is 211 Å². The minimum Gasteiger partial charge on any atom is -0.497 e. The monoisotopic (exact) mass is 519 g/mol. The number of primary amides is 1. The van der Waals surface area contributed by atoms with E-state index in [1.165, 1.54) is 35.1 Å². The lowest BCUT2D eigenvalue weighted by atomic mass is 10.1. The number of rotatable bonds is 10. The van der Waals surface area contributed by atoms with Crippen molar-refractivity contribution in [1.82, 2.24) is 15.5 Å². The summed E-state index contributed by atoms with van der Waals surface area (Å²) in [6, 6.07) is 7.46. The van der Waals surface area contributed by atoms with Gasteiger partial charge in [0.2, 0.25) is 17.7 Å². The van der Waals surface area contributed by atoms with Crippen LogP contribution in [0.3, 0.4) is 0 Å². The van der Waals surface area contributed by atoms with E-state index in [4.69, 9.17) is 10.5 Å². The Morgan fingerprint density at radius 1 is 1.26 bits per heavy atom. The molecule has 12 heteroatoms. The molecule has 3 rings (SSSR count). The molecule has 0 bridgehead atoms. The summed E-state index contributed by atoms with van der Waals surface area (Å²) in [4.78, 5) is 53.2. The molecule has 3 atom stereocenters. The van der Waals surface area contributed by atoms with E-state index in [1.54, 1.807) is 30.5 Å². The van der Waals surface area contributed by atoms with E-state index < -0.39 is 36.0 Å². The lowest BCUT2D eigenvalue weighted by Crippen LogP contribution is -2.58. The molecule has 35 heavy (non-hydrogen) atoms. The Kier molecular flexibility index (Phi) is 9.38. The summed E-state index contributed by atoms with van der Waals surface area (Å²) in [5.74, 6) is -0.654. The molecule has 0 aliphatic carbocycles. The van der Waals surface area contributed by atoms with E-state index in [-0.39, 0.29) is 18.1 Å². The number of ether oxygens (including phenoxy) is 1. The summed E-state index contributed by atoms with van der Waals surface area (Å²) in [6.07, 6.45) is 2.43. The molecule has 5 N–H and O–H groups in total. The number of anilines is 1. The van der Waals surface area contributed by atoms with E-state index in [1.807, 2.05) is 17.5 Å². The molecule has 1 saturated heterocycles. The SMILES string of the molecule is COc1cccc(NC(=O)N[C@@H]2CCN(C(=O)CSC)[C@@H]2C(=O)N[C@@H](Cc2cccs2)C(N)=O)c1. The molecule has 1 aliphatic heterocycles. The first-order valence-electron chi connectivity index (χ1n) is 10.9. The highest BCUT2D eigenvalue weighted by atomic mass is 32.2. The molecule has 5 amide bonds. The predicted molar refractivity (Wildman–Crippen MR) is 137 cm³/mol. The fourth-order valence-corrected chi connectivity index (χ4v) is 5.06. The highest BCUT2D eigenvalue weighted by molar-refractivity contribution is 7.99. The van der Waals surface area contributed by atoms with Crippen molar-refractivity contribution in [2.45, 2.75) is 31.0 Å². The number of carbonyl (C=O) groups excluding carboxylic acids is 4. The molecule has 1 fully saturated rings. The van der Waals surface area contributed by atoms with Gasteiger partial charge in [0.1, 0.15) is 17.8 Å². The Morgan fingerprint density at radius 2 is 2.06 bits per heavy atom. The van der Waals surface area contributed by atoms with Crippen LogP contribution in [0.4, 0.5) is 10.5 Å². The number of nitrogens with zero attached hydrogens (tertiary/aromatic N) is 1. The van der Waals surface area contributed by atoms with Gasteiger partial charge >= 0.3 is 6.03 Å². The van der Waals surface area contributed by atoms with Crippen LogP contribution in [0.1, 0.15) is 11.3 Å². The zero-order valence-electron chi connectivity index (χ0n) is 19.5. The van der Waals surface area contributed by atoms with Crippen LogP contribution in [0.5, 0.6) is 5.75 Å². The maximum Gasteiger partial charge on any atom is 0.319 e. The standard InChI is InChI=1S/C23H29N5O5S2/c1-33-15-6-3-5-14(11-15)25-23(32)27-17-8-9-28(19(29)13-34-2)20(17)22(31)26-18(21(24)30)12-16-7-4-10-35-16/h3-7,10-11,17-18,20H,8-9,12-13H2,1-2H3,(H2,24,30)(H,26,31)(H2,25,27,32)/t17-,18+,20+/m1/s1. The van der Waals surface area contributed by atoms with E-state index in [0.29, 0.717) is 24.4 Å². The van der Waals surface area contributed by atoms with Gasteiger partial charge in [0.15, 0.2) is 0 Å². The number of hydrogen-bond donors (Lipinski definition) is 4.